The van der Waals surface area contributed by atoms with Crippen LogP contribution in [0.3, 0.4) is 0 Å². The van der Waals surface area contributed by atoms with Crippen molar-refractivity contribution in [1.29, 1.82) is 0 Å². The van der Waals surface area contributed by atoms with Gasteiger partial charge in [-0.1, -0.05) is 30.3 Å². The zero-order valence-electron chi connectivity index (χ0n) is 13.4. The van der Waals surface area contributed by atoms with Crippen LogP contribution in [-0.4, -0.2) is 47.1 Å². The Bertz CT molecular complexity index is 570. The van der Waals surface area contributed by atoms with Crippen molar-refractivity contribution in [1.82, 2.24) is 10.2 Å². The van der Waals surface area contributed by atoms with E-state index in [2.05, 4.69) is 5.32 Å². The number of carboxylic acids is 1. The van der Waals surface area contributed by atoms with Crippen molar-refractivity contribution in [2.75, 3.05) is 13.1 Å². The summed E-state index contributed by atoms with van der Waals surface area (Å²) in [4.78, 5) is 36.8. The maximum absolute atomic E-state index is 12.4. The Balaban J connectivity index is 1.89. The topological polar surface area (TPSA) is 95.9 Å². The minimum absolute atomic E-state index is 0.0467. The Morgan fingerprint density at radius 2 is 1.83 bits per heavy atom. The third-order valence-electron chi connectivity index (χ3n) is 3.87. The number of likely N-dealkylation sites (tertiary alicyclic amines) is 1. The molecule has 1 aliphatic heterocycles. The lowest BCUT2D eigenvalue weighted by atomic mass is 10.1. The number of aliphatic carboxylic acids is 1. The molecule has 0 radical (unpaired) electrons. The highest BCUT2D eigenvalue weighted by Gasteiger charge is 2.28. The van der Waals surface area contributed by atoms with Crippen LogP contribution in [0.4, 0.5) is 4.79 Å². The van der Waals surface area contributed by atoms with Crippen molar-refractivity contribution in [3.05, 3.63) is 35.9 Å². The normalized spacial score (nSPS) is 14.9. The fourth-order valence-electron chi connectivity index (χ4n) is 2.59. The molecule has 0 bridgehead atoms. The van der Waals surface area contributed by atoms with E-state index in [1.807, 2.05) is 30.3 Å². The van der Waals surface area contributed by atoms with Crippen LogP contribution in [0.1, 0.15) is 31.2 Å². The third-order valence-corrected chi connectivity index (χ3v) is 3.87. The van der Waals surface area contributed by atoms with Crippen molar-refractivity contribution in [3.63, 3.8) is 0 Å². The highest BCUT2D eigenvalue weighted by Crippen LogP contribution is 2.12. The van der Waals surface area contributed by atoms with Crippen molar-refractivity contribution in [3.8, 4) is 0 Å². The van der Waals surface area contributed by atoms with E-state index in [-0.39, 0.29) is 25.4 Å². The lowest BCUT2D eigenvalue weighted by molar-refractivity contribution is -0.137. The second-order valence-electron chi connectivity index (χ2n) is 5.72. The number of ether oxygens (including phenoxy) is 1. The first-order chi connectivity index (χ1) is 11.6. The van der Waals surface area contributed by atoms with Gasteiger partial charge in [0.1, 0.15) is 12.6 Å². The SMILES string of the molecule is O=C(O)CC[C@H](NC(=O)OCc1ccccc1)C(=O)N1CCCC1. The minimum Gasteiger partial charge on any atom is -0.481 e. The van der Waals surface area contributed by atoms with Crippen molar-refractivity contribution < 1.29 is 24.2 Å². The summed E-state index contributed by atoms with van der Waals surface area (Å²) in [6.45, 7) is 1.38. The van der Waals surface area contributed by atoms with Gasteiger partial charge in [0.2, 0.25) is 5.91 Å². The monoisotopic (exact) mass is 334 g/mol. The highest BCUT2D eigenvalue weighted by atomic mass is 16.5. The average Bonchev–Trinajstić information content (AvgIpc) is 3.11. The van der Waals surface area contributed by atoms with Gasteiger partial charge < -0.3 is 20.1 Å². The lowest BCUT2D eigenvalue weighted by Gasteiger charge is -2.23. The maximum Gasteiger partial charge on any atom is 0.408 e. The molecule has 7 heteroatoms. The molecular weight excluding hydrogens is 312 g/mol. The number of nitrogens with one attached hydrogen (secondary N) is 1. The molecule has 0 spiro atoms. The molecule has 7 nitrogen and oxygen atoms in total. The standard InChI is InChI=1S/C17H22N2O5/c20-15(21)9-8-14(16(22)19-10-4-5-11-19)18-17(23)24-12-13-6-2-1-3-7-13/h1-3,6-7,14H,4-5,8-12H2,(H,18,23)(H,20,21)/t14-/m0/s1. The molecule has 24 heavy (non-hydrogen) atoms. The van der Waals surface area contributed by atoms with E-state index in [0.717, 1.165) is 18.4 Å². The average molecular weight is 334 g/mol. The summed E-state index contributed by atoms with van der Waals surface area (Å²) in [7, 11) is 0. The van der Waals surface area contributed by atoms with Crippen LogP contribution in [0.15, 0.2) is 30.3 Å². The van der Waals surface area contributed by atoms with Gasteiger partial charge >= 0.3 is 12.1 Å². The van der Waals surface area contributed by atoms with Crippen LogP contribution in [0.25, 0.3) is 0 Å². The van der Waals surface area contributed by atoms with E-state index in [9.17, 15) is 14.4 Å². The Morgan fingerprint density at radius 3 is 2.46 bits per heavy atom. The van der Waals surface area contributed by atoms with Gasteiger partial charge in [-0.2, -0.15) is 0 Å². The van der Waals surface area contributed by atoms with Gasteiger partial charge in [0.05, 0.1) is 0 Å². The van der Waals surface area contributed by atoms with Crippen LogP contribution >= 0.6 is 0 Å². The van der Waals surface area contributed by atoms with E-state index in [0.29, 0.717) is 13.1 Å². The maximum atomic E-state index is 12.4. The Kier molecular flexibility index (Phi) is 6.60. The van der Waals surface area contributed by atoms with Crippen molar-refractivity contribution >= 4 is 18.0 Å². The summed E-state index contributed by atoms with van der Waals surface area (Å²) < 4.78 is 5.11. The van der Waals surface area contributed by atoms with Crippen LogP contribution in [0.2, 0.25) is 0 Å². The smallest absolute Gasteiger partial charge is 0.408 e. The molecule has 0 unspecified atom stereocenters. The summed E-state index contributed by atoms with van der Waals surface area (Å²) in [5.41, 5.74) is 0.834. The first-order valence-corrected chi connectivity index (χ1v) is 8.04. The number of carbonyl (C=O) groups excluding carboxylic acids is 2. The summed E-state index contributed by atoms with van der Waals surface area (Å²) >= 11 is 0. The second kappa shape index (κ2) is 8.90. The molecule has 0 aromatic heterocycles. The van der Waals surface area contributed by atoms with E-state index in [1.165, 1.54) is 0 Å². The van der Waals surface area contributed by atoms with E-state index in [4.69, 9.17) is 9.84 Å². The molecule has 0 aliphatic carbocycles. The lowest BCUT2D eigenvalue weighted by Crippen LogP contribution is -2.48. The first-order valence-electron chi connectivity index (χ1n) is 8.04. The van der Waals surface area contributed by atoms with E-state index >= 15 is 0 Å². The quantitative estimate of drug-likeness (QED) is 0.792. The molecule has 1 aliphatic rings. The van der Waals surface area contributed by atoms with Gasteiger partial charge in [-0.25, -0.2) is 4.79 Å². The van der Waals surface area contributed by atoms with Crippen LogP contribution in [0.5, 0.6) is 0 Å². The fraction of sp³-hybridized carbons (Fsp3) is 0.471. The van der Waals surface area contributed by atoms with Gasteiger partial charge in [-0.05, 0) is 24.8 Å². The molecule has 1 aromatic rings. The predicted octanol–water partition coefficient (Wildman–Crippen LogP) is 1.77. The van der Waals surface area contributed by atoms with Gasteiger partial charge in [-0.3, -0.25) is 9.59 Å². The zero-order chi connectivity index (χ0) is 17.4. The van der Waals surface area contributed by atoms with Crippen molar-refractivity contribution in [2.24, 2.45) is 0 Å². The second-order valence-corrected chi connectivity index (χ2v) is 5.72. The van der Waals surface area contributed by atoms with E-state index < -0.39 is 18.1 Å². The molecule has 1 aromatic carbocycles. The number of amides is 2. The number of hydrogen-bond donors (Lipinski definition) is 2. The molecule has 1 heterocycles. The molecule has 1 atom stereocenters. The summed E-state index contributed by atoms with van der Waals surface area (Å²) in [6, 6.07) is 8.31. The van der Waals surface area contributed by atoms with Gasteiger partial charge in [0.25, 0.3) is 0 Å². The number of nitrogens with zero attached hydrogens (tertiary/aromatic N) is 1. The Labute approximate surface area is 140 Å². The fourth-order valence-corrected chi connectivity index (χ4v) is 2.59. The molecule has 2 amide bonds. The molecule has 2 N–H and O–H groups in total. The van der Waals surface area contributed by atoms with Gasteiger partial charge in [-0.15, -0.1) is 0 Å². The number of hydrogen-bond acceptors (Lipinski definition) is 4. The molecule has 2 rings (SSSR count). The predicted molar refractivity (Wildman–Crippen MR) is 86.2 cm³/mol. The van der Waals surface area contributed by atoms with Gasteiger partial charge in [0.15, 0.2) is 0 Å². The van der Waals surface area contributed by atoms with Crippen LogP contribution in [0, 0.1) is 0 Å². The van der Waals surface area contributed by atoms with Gasteiger partial charge in [0, 0.05) is 19.5 Å². The minimum atomic E-state index is -1.01. The Hall–Kier alpha value is -2.57. The summed E-state index contributed by atoms with van der Waals surface area (Å²) in [5.74, 6) is -1.25. The van der Waals surface area contributed by atoms with Crippen LogP contribution < -0.4 is 5.32 Å². The number of carboxylic acid groups (broad SMARTS) is 1. The number of carbonyl (C=O) groups is 3. The third kappa shape index (κ3) is 5.57. The number of benzene rings is 1. The molecule has 1 fully saturated rings. The van der Waals surface area contributed by atoms with Crippen molar-refractivity contribution in [2.45, 2.75) is 38.3 Å². The highest BCUT2D eigenvalue weighted by molar-refractivity contribution is 5.86. The summed E-state index contributed by atoms with van der Waals surface area (Å²) in [6.07, 6.45) is 0.988. The first kappa shape index (κ1) is 17.8. The number of rotatable bonds is 7. The molecular formula is C17H22N2O5. The summed E-state index contributed by atoms with van der Waals surface area (Å²) in [5, 5.41) is 11.3. The largest absolute Gasteiger partial charge is 0.481 e. The molecule has 130 valence electrons. The van der Waals surface area contributed by atoms with Crippen LogP contribution in [-0.2, 0) is 20.9 Å². The molecule has 1 saturated heterocycles. The zero-order valence-corrected chi connectivity index (χ0v) is 13.4. The number of alkyl carbamates (subject to hydrolysis) is 1. The van der Waals surface area contributed by atoms with E-state index in [1.54, 1.807) is 4.90 Å². The Morgan fingerprint density at radius 1 is 1.17 bits per heavy atom. The molecule has 0 saturated carbocycles.